The van der Waals surface area contributed by atoms with E-state index in [1.807, 2.05) is 71.6 Å². The minimum absolute atomic E-state index is 0.0231. The Morgan fingerprint density at radius 3 is 2.37 bits per heavy atom. The van der Waals surface area contributed by atoms with Crippen LogP contribution in [0.4, 0.5) is 4.39 Å². The number of hydrogen-bond acceptors (Lipinski definition) is 1. The predicted octanol–water partition coefficient (Wildman–Crippen LogP) is 7.42. The molecule has 0 bridgehead atoms. The summed E-state index contributed by atoms with van der Waals surface area (Å²) in [6.45, 7) is 0.558. The molecular formula is C30H22ClFN2O. The normalized spacial score (nSPS) is 15.1. The van der Waals surface area contributed by atoms with Crippen LogP contribution < -0.4 is 0 Å². The highest BCUT2D eigenvalue weighted by molar-refractivity contribution is 6.30. The number of nitrogens with one attached hydrogen (secondary N) is 1. The van der Waals surface area contributed by atoms with Crippen LogP contribution in [0.2, 0.25) is 5.02 Å². The van der Waals surface area contributed by atoms with E-state index < -0.39 is 0 Å². The zero-order valence-electron chi connectivity index (χ0n) is 18.8. The fraction of sp³-hybridized carbons (Fsp3) is 0.100. The Labute approximate surface area is 207 Å². The fourth-order valence-electron chi connectivity index (χ4n) is 5.10. The van der Waals surface area contributed by atoms with E-state index in [-0.39, 0.29) is 17.8 Å². The number of carbonyl (C=O) groups excluding carboxylic acids is 1. The van der Waals surface area contributed by atoms with E-state index in [1.165, 1.54) is 12.1 Å². The minimum Gasteiger partial charge on any atom is -0.354 e. The van der Waals surface area contributed by atoms with Crippen molar-refractivity contribution in [2.24, 2.45) is 0 Å². The van der Waals surface area contributed by atoms with Gasteiger partial charge in [-0.25, -0.2) is 4.39 Å². The van der Waals surface area contributed by atoms with Gasteiger partial charge in [-0.3, -0.25) is 4.79 Å². The Morgan fingerprint density at radius 2 is 1.57 bits per heavy atom. The molecular weight excluding hydrogens is 459 g/mol. The molecule has 0 fully saturated rings. The Kier molecular flexibility index (Phi) is 5.39. The first-order valence-electron chi connectivity index (χ1n) is 11.6. The van der Waals surface area contributed by atoms with Gasteiger partial charge in [0, 0.05) is 33.6 Å². The number of H-pyrrole nitrogens is 1. The van der Waals surface area contributed by atoms with Gasteiger partial charge in [-0.1, -0.05) is 60.1 Å². The monoisotopic (exact) mass is 480 g/mol. The van der Waals surface area contributed by atoms with Crippen LogP contribution in [0.15, 0.2) is 97.1 Å². The zero-order valence-corrected chi connectivity index (χ0v) is 19.6. The van der Waals surface area contributed by atoms with Crippen LogP contribution in [0.3, 0.4) is 0 Å². The zero-order chi connectivity index (χ0) is 23.9. The first-order valence-corrected chi connectivity index (χ1v) is 12.0. The third-order valence-electron chi connectivity index (χ3n) is 6.77. The molecule has 5 aromatic rings. The van der Waals surface area contributed by atoms with Crippen molar-refractivity contribution in [1.29, 1.82) is 0 Å². The molecule has 1 atom stereocenters. The third-order valence-corrected chi connectivity index (χ3v) is 7.02. The standard InChI is InChI=1S/C30H22ClFN2O/c31-21-13-9-19(10-14-21)17-18-34-29(23-5-1-2-6-24(23)30(34)35)27-25-7-3-4-8-26(25)33-28(27)20-11-15-22(32)16-12-20/h1-16,29,33H,17-18H2/t29-/m1/s1. The van der Waals surface area contributed by atoms with Crippen LogP contribution in [0, 0.1) is 5.82 Å². The molecule has 2 heterocycles. The van der Waals surface area contributed by atoms with Gasteiger partial charge in [0.2, 0.25) is 0 Å². The summed E-state index contributed by atoms with van der Waals surface area (Å²) in [5.41, 5.74) is 6.63. The Balaban J connectivity index is 1.51. The topological polar surface area (TPSA) is 36.1 Å². The number of rotatable bonds is 5. The minimum atomic E-state index is -0.280. The van der Waals surface area contributed by atoms with E-state index in [0.717, 1.165) is 44.4 Å². The first kappa shape index (κ1) is 21.6. The summed E-state index contributed by atoms with van der Waals surface area (Å²) < 4.78 is 13.7. The van der Waals surface area contributed by atoms with Crippen LogP contribution in [-0.4, -0.2) is 22.3 Å². The lowest BCUT2D eigenvalue weighted by Gasteiger charge is -2.27. The summed E-state index contributed by atoms with van der Waals surface area (Å²) in [5.74, 6) is -0.257. The molecule has 1 aliphatic rings. The maximum Gasteiger partial charge on any atom is 0.255 e. The number of para-hydroxylation sites is 1. The van der Waals surface area contributed by atoms with Crippen molar-refractivity contribution >= 4 is 28.4 Å². The lowest BCUT2D eigenvalue weighted by molar-refractivity contribution is 0.0753. The van der Waals surface area contributed by atoms with Gasteiger partial charge >= 0.3 is 0 Å². The van der Waals surface area contributed by atoms with Gasteiger partial charge in [0.05, 0.1) is 11.7 Å². The molecule has 1 aliphatic heterocycles. The predicted molar refractivity (Wildman–Crippen MR) is 138 cm³/mol. The molecule has 0 aliphatic carbocycles. The summed E-state index contributed by atoms with van der Waals surface area (Å²) >= 11 is 6.06. The lowest BCUT2D eigenvalue weighted by atomic mass is 9.93. The van der Waals surface area contributed by atoms with Crippen LogP contribution in [0.5, 0.6) is 0 Å². The second-order valence-corrected chi connectivity index (χ2v) is 9.27. The summed E-state index contributed by atoms with van der Waals surface area (Å²) in [7, 11) is 0. The summed E-state index contributed by atoms with van der Waals surface area (Å²) in [4.78, 5) is 19.2. The molecule has 5 heteroatoms. The lowest BCUT2D eigenvalue weighted by Crippen LogP contribution is -2.31. The second-order valence-electron chi connectivity index (χ2n) is 8.83. The van der Waals surface area contributed by atoms with Gasteiger partial charge in [0.25, 0.3) is 5.91 Å². The molecule has 0 unspecified atom stereocenters. The average molecular weight is 481 g/mol. The van der Waals surface area contributed by atoms with Gasteiger partial charge in [-0.15, -0.1) is 0 Å². The van der Waals surface area contributed by atoms with Gasteiger partial charge in [0.15, 0.2) is 0 Å². The fourth-order valence-corrected chi connectivity index (χ4v) is 5.23. The number of halogens is 2. The van der Waals surface area contributed by atoms with E-state index in [9.17, 15) is 9.18 Å². The quantitative estimate of drug-likeness (QED) is 0.279. The first-order chi connectivity index (χ1) is 17.1. The van der Waals surface area contributed by atoms with Gasteiger partial charge in [-0.05, 0) is 71.6 Å². The molecule has 1 N–H and O–H groups in total. The SMILES string of the molecule is O=C1c2ccccc2[C@H](c2c(-c3ccc(F)cc3)[nH]c3ccccc23)N1CCc1ccc(Cl)cc1. The van der Waals surface area contributed by atoms with Crippen molar-refractivity contribution in [3.63, 3.8) is 0 Å². The average Bonchev–Trinajstić information content (AvgIpc) is 3.39. The summed E-state index contributed by atoms with van der Waals surface area (Å²) in [6, 6.07) is 29.9. The van der Waals surface area contributed by atoms with Crippen molar-refractivity contribution in [1.82, 2.24) is 9.88 Å². The molecule has 1 aromatic heterocycles. The molecule has 4 aromatic carbocycles. The van der Waals surface area contributed by atoms with Gasteiger partial charge < -0.3 is 9.88 Å². The highest BCUT2D eigenvalue weighted by atomic mass is 35.5. The van der Waals surface area contributed by atoms with Gasteiger partial charge in [-0.2, -0.15) is 0 Å². The molecule has 3 nitrogen and oxygen atoms in total. The molecule has 0 radical (unpaired) electrons. The maximum absolute atomic E-state index is 13.7. The van der Waals surface area contributed by atoms with Crippen molar-refractivity contribution in [2.45, 2.75) is 12.5 Å². The number of benzene rings is 4. The number of amides is 1. The molecule has 6 rings (SSSR count). The molecule has 1 amide bonds. The van der Waals surface area contributed by atoms with Crippen molar-refractivity contribution < 1.29 is 9.18 Å². The number of hydrogen-bond donors (Lipinski definition) is 1. The summed E-state index contributed by atoms with van der Waals surface area (Å²) in [6.07, 6.45) is 0.710. The number of carbonyl (C=O) groups is 1. The molecule has 35 heavy (non-hydrogen) atoms. The van der Waals surface area contributed by atoms with E-state index in [1.54, 1.807) is 12.1 Å². The molecule has 0 saturated carbocycles. The number of fused-ring (bicyclic) bond motifs is 2. The molecule has 172 valence electrons. The highest BCUT2D eigenvalue weighted by Crippen LogP contribution is 2.45. The van der Waals surface area contributed by atoms with Crippen LogP contribution >= 0.6 is 11.6 Å². The van der Waals surface area contributed by atoms with Crippen molar-refractivity contribution in [3.05, 3.63) is 130 Å². The van der Waals surface area contributed by atoms with E-state index >= 15 is 0 Å². The largest absolute Gasteiger partial charge is 0.354 e. The number of aromatic nitrogens is 1. The number of aromatic amines is 1. The Hall–Kier alpha value is -3.89. The molecule has 0 saturated heterocycles. The Bertz CT molecular complexity index is 1540. The highest BCUT2D eigenvalue weighted by Gasteiger charge is 2.39. The number of nitrogens with zero attached hydrogens (tertiary/aromatic N) is 1. The van der Waals surface area contributed by atoms with E-state index in [4.69, 9.17) is 11.6 Å². The van der Waals surface area contributed by atoms with Crippen LogP contribution in [0.1, 0.15) is 33.1 Å². The van der Waals surface area contributed by atoms with E-state index in [2.05, 4.69) is 11.1 Å². The molecule has 0 spiro atoms. The van der Waals surface area contributed by atoms with Crippen LogP contribution in [0.25, 0.3) is 22.2 Å². The Morgan fingerprint density at radius 1 is 0.857 bits per heavy atom. The van der Waals surface area contributed by atoms with Crippen molar-refractivity contribution in [2.75, 3.05) is 6.54 Å². The second kappa shape index (κ2) is 8.71. The van der Waals surface area contributed by atoms with E-state index in [0.29, 0.717) is 18.0 Å². The van der Waals surface area contributed by atoms with Crippen molar-refractivity contribution in [3.8, 4) is 11.3 Å². The smallest absolute Gasteiger partial charge is 0.255 e. The summed E-state index contributed by atoms with van der Waals surface area (Å²) in [5, 5.41) is 1.75. The third kappa shape index (κ3) is 3.80. The van der Waals surface area contributed by atoms with Crippen LogP contribution in [-0.2, 0) is 6.42 Å². The maximum atomic E-state index is 13.7. The van der Waals surface area contributed by atoms with Gasteiger partial charge in [0.1, 0.15) is 5.82 Å².